The van der Waals surface area contributed by atoms with E-state index in [2.05, 4.69) is 15.9 Å². The second-order valence-electron chi connectivity index (χ2n) is 3.21. The summed E-state index contributed by atoms with van der Waals surface area (Å²) in [6.07, 6.45) is 0.484. The molecule has 0 saturated carbocycles. The molecule has 5 heteroatoms. The van der Waals surface area contributed by atoms with Gasteiger partial charge < -0.3 is 4.81 Å². The van der Waals surface area contributed by atoms with Gasteiger partial charge in [0.1, 0.15) is 0 Å². The summed E-state index contributed by atoms with van der Waals surface area (Å²) in [6, 6.07) is 7.83. The maximum atomic E-state index is 11.5. The van der Waals surface area contributed by atoms with E-state index >= 15 is 0 Å². The number of likely N-dealkylation sites (N-methyl/N-ethyl adjacent to an activating group) is 1. The molecule has 2 nitrogen and oxygen atoms in total. The van der Waals surface area contributed by atoms with Crippen molar-refractivity contribution in [2.75, 3.05) is 7.05 Å². The molecular formula is C9H12B2BrNO. The first-order valence-electron chi connectivity index (χ1n) is 4.62. The van der Waals surface area contributed by atoms with Crippen molar-refractivity contribution < 1.29 is 4.79 Å². The first kappa shape index (κ1) is 11.4. The van der Waals surface area contributed by atoms with Gasteiger partial charge >= 0.3 is 0 Å². The Morgan fingerprint density at radius 3 is 2.57 bits per heavy atom. The van der Waals surface area contributed by atoms with Crippen LogP contribution in [0.2, 0.25) is 0 Å². The Morgan fingerprint density at radius 2 is 2.07 bits per heavy atom. The molecule has 14 heavy (non-hydrogen) atoms. The number of carbonyl (C=O) groups excluding carboxylic acids is 1. The molecule has 1 aromatic carbocycles. The van der Waals surface area contributed by atoms with Gasteiger partial charge in [0.2, 0.25) is 5.91 Å². The molecule has 0 aliphatic rings. The molecule has 0 atom stereocenters. The van der Waals surface area contributed by atoms with Crippen LogP contribution in [0, 0.1) is 0 Å². The fraction of sp³-hybridized carbons (Fsp3) is 0.222. The number of halogens is 1. The molecule has 0 spiro atoms. The van der Waals surface area contributed by atoms with Crippen LogP contribution in [0.25, 0.3) is 0 Å². The van der Waals surface area contributed by atoms with Gasteiger partial charge in [0.05, 0.1) is 14.2 Å². The van der Waals surface area contributed by atoms with Crippen molar-refractivity contribution in [3.05, 3.63) is 34.3 Å². The molecule has 0 aromatic heterocycles. The number of hydrogen-bond donors (Lipinski definition) is 0. The second-order valence-corrected chi connectivity index (χ2v) is 4.13. The van der Waals surface area contributed by atoms with E-state index in [0.717, 1.165) is 17.3 Å². The predicted molar refractivity (Wildman–Crippen MR) is 66.3 cm³/mol. The van der Waals surface area contributed by atoms with Crippen molar-refractivity contribution in [1.29, 1.82) is 0 Å². The van der Waals surface area contributed by atoms with E-state index in [1.807, 2.05) is 39.1 Å². The van der Waals surface area contributed by atoms with Crippen molar-refractivity contribution >= 4 is 36.9 Å². The number of benzene rings is 1. The smallest absolute Gasteiger partial charge is 0.214 e. The molecule has 0 radical (unpaired) electrons. The average Bonchev–Trinajstić information content (AvgIpc) is 2.20. The minimum atomic E-state index is 0.162. The van der Waals surface area contributed by atoms with Crippen LogP contribution in [-0.4, -0.2) is 32.8 Å². The van der Waals surface area contributed by atoms with E-state index in [1.165, 1.54) is 0 Å². The molecule has 1 rings (SSSR count). The van der Waals surface area contributed by atoms with Crippen LogP contribution in [0.5, 0.6) is 0 Å². The van der Waals surface area contributed by atoms with E-state index in [0.29, 0.717) is 6.42 Å². The average molecular weight is 252 g/mol. The van der Waals surface area contributed by atoms with Gasteiger partial charge in [-0.1, -0.05) is 28.1 Å². The standard InChI is InChI=1S/C9H12B2BrNO/c1-13(11-10)9(14)6-7-2-4-8(12)5-3-7/h2-5,11H,6,10H2,1H3. The van der Waals surface area contributed by atoms with E-state index < -0.39 is 0 Å². The molecule has 0 aliphatic carbocycles. The second kappa shape index (κ2) is 5.25. The van der Waals surface area contributed by atoms with Gasteiger partial charge in [-0.15, -0.1) is 0 Å². The zero-order valence-electron chi connectivity index (χ0n) is 8.46. The highest BCUT2D eigenvalue weighted by atomic mass is 79.9. The third kappa shape index (κ3) is 3.22. The zero-order chi connectivity index (χ0) is 10.6. The highest BCUT2D eigenvalue weighted by Gasteiger charge is 2.07. The van der Waals surface area contributed by atoms with Crippen molar-refractivity contribution in [2.45, 2.75) is 6.42 Å². The number of rotatable bonds is 3. The van der Waals surface area contributed by atoms with Crippen molar-refractivity contribution in [3.8, 4) is 0 Å². The van der Waals surface area contributed by atoms with Gasteiger partial charge in [0, 0.05) is 4.47 Å². The number of amides is 1. The van der Waals surface area contributed by atoms with Crippen LogP contribution < -0.4 is 0 Å². The van der Waals surface area contributed by atoms with Crippen LogP contribution in [-0.2, 0) is 11.2 Å². The monoisotopic (exact) mass is 251 g/mol. The summed E-state index contributed by atoms with van der Waals surface area (Å²) >= 11 is 3.36. The van der Waals surface area contributed by atoms with Crippen LogP contribution >= 0.6 is 15.9 Å². The molecular weight excluding hydrogens is 240 g/mol. The number of carbonyl (C=O) groups is 1. The molecule has 0 saturated heterocycles. The summed E-state index contributed by atoms with van der Waals surface area (Å²) in [5.74, 6) is 0.162. The Hall–Kier alpha value is -0.700. The summed E-state index contributed by atoms with van der Waals surface area (Å²) in [7, 11) is 4.55. The molecule has 0 N–H and O–H groups in total. The van der Waals surface area contributed by atoms with Crippen molar-refractivity contribution in [2.24, 2.45) is 0 Å². The summed E-state index contributed by atoms with van der Waals surface area (Å²) in [5.41, 5.74) is 1.05. The molecule has 1 amide bonds. The predicted octanol–water partition coefficient (Wildman–Crippen LogP) is 0.350. The quantitative estimate of drug-likeness (QED) is 0.710. The number of hydrogen-bond acceptors (Lipinski definition) is 1. The number of nitrogens with zero attached hydrogens (tertiary/aromatic N) is 1. The summed E-state index contributed by atoms with van der Waals surface area (Å²) in [6.45, 7) is 0. The van der Waals surface area contributed by atoms with E-state index in [-0.39, 0.29) is 5.91 Å². The summed E-state index contributed by atoms with van der Waals surface area (Å²) < 4.78 is 1.04. The van der Waals surface area contributed by atoms with Gasteiger partial charge in [-0.3, -0.25) is 4.79 Å². The molecule has 1 aromatic rings. The minimum absolute atomic E-state index is 0.162. The first-order valence-corrected chi connectivity index (χ1v) is 5.41. The third-order valence-electron chi connectivity index (χ3n) is 2.17. The third-order valence-corrected chi connectivity index (χ3v) is 2.70. The SMILES string of the molecule is BBN(C)C(=O)Cc1ccc(Br)cc1. The van der Waals surface area contributed by atoms with Crippen molar-refractivity contribution in [1.82, 2.24) is 4.81 Å². The molecule has 0 fully saturated rings. The van der Waals surface area contributed by atoms with Crippen LogP contribution in [0.15, 0.2) is 28.7 Å². The Bertz CT molecular complexity index is 315. The normalized spacial score (nSPS) is 9.57. The van der Waals surface area contributed by atoms with Crippen LogP contribution in [0.3, 0.4) is 0 Å². The largest absolute Gasteiger partial charge is 0.400 e. The summed E-state index contributed by atoms with van der Waals surface area (Å²) in [4.78, 5) is 13.3. The lowest BCUT2D eigenvalue weighted by Crippen LogP contribution is -2.31. The lowest BCUT2D eigenvalue weighted by Gasteiger charge is -2.14. The molecule has 0 unspecified atom stereocenters. The van der Waals surface area contributed by atoms with E-state index in [9.17, 15) is 4.79 Å². The Morgan fingerprint density at radius 1 is 1.50 bits per heavy atom. The lowest BCUT2D eigenvalue weighted by molar-refractivity contribution is -0.125. The highest BCUT2D eigenvalue weighted by Crippen LogP contribution is 2.11. The fourth-order valence-electron chi connectivity index (χ4n) is 1.09. The van der Waals surface area contributed by atoms with E-state index in [1.54, 1.807) is 4.81 Å². The fourth-order valence-corrected chi connectivity index (χ4v) is 1.35. The van der Waals surface area contributed by atoms with E-state index in [4.69, 9.17) is 0 Å². The van der Waals surface area contributed by atoms with Gasteiger partial charge in [0.25, 0.3) is 0 Å². The Labute approximate surface area is 94.5 Å². The summed E-state index contributed by atoms with van der Waals surface area (Å²) in [5, 5.41) is 0. The minimum Gasteiger partial charge on any atom is -0.400 e. The van der Waals surface area contributed by atoms with Gasteiger partial charge in [-0.25, -0.2) is 0 Å². The molecule has 0 bridgehead atoms. The van der Waals surface area contributed by atoms with Gasteiger partial charge in [-0.05, 0) is 24.7 Å². The van der Waals surface area contributed by atoms with Crippen molar-refractivity contribution in [3.63, 3.8) is 0 Å². The lowest BCUT2D eigenvalue weighted by atomic mass is 9.65. The van der Waals surface area contributed by atoms with Crippen LogP contribution in [0.4, 0.5) is 0 Å². The first-order chi connectivity index (χ1) is 6.63. The van der Waals surface area contributed by atoms with Gasteiger partial charge in [0.15, 0.2) is 7.31 Å². The molecule has 0 heterocycles. The maximum absolute atomic E-state index is 11.5. The topological polar surface area (TPSA) is 20.3 Å². The highest BCUT2D eigenvalue weighted by molar-refractivity contribution is 9.10. The molecule has 0 aliphatic heterocycles. The zero-order valence-corrected chi connectivity index (χ0v) is 10.0. The van der Waals surface area contributed by atoms with Crippen LogP contribution in [0.1, 0.15) is 5.56 Å². The maximum Gasteiger partial charge on any atom is 0.214 e. The molecule has 72 valence electrons. The Kier molecular flexibility index (Phi) is 4.26. The Balaban J connectivity index is 2.60. The van der Waals surface area contributed by atoms with Gasteiger partial charge in [-0.2, -0.15) is 0 Å².